The third-order valence-corrected chi connectivity index (χ3v) is 3.98. The minimum atomic E-state index is -4.15. The Morgan fingerprint density at radius 3 is 2.65 bits per heavy atom. The summed E-state index contributed by atoms with van der Waals surface area (Å²) in [6, 6.07) is 4.60. The summed E-state index contributed by atoms with van der Waals surface area (Å²) < 4.78 is 38.9. The molecule has 1 aromatic carbocycles. The Morgan fingerprint density at radius 1 is 1.25 bits per heavy atom. The van der Waals surface area contributed by atoms with E-state index in [2.05, 4.69) is 5.32 Å². The van der Waals surface area contributed by atoms with Crippen molar-refractivity contribution in [2.24, 2.45) is 5.92 Å². The second-order valence-electron chi connectivity index (χ2n) is 5.55. The van der Waals surface area contributed by atoms with E-state index in [0.717, 1.165) is 12.0 Å². The van der Waals surface area contributed by atoms with E-state index in [9.17, 15) is 18.3 Å². The van der Waals surface area contributed by atoms with Crippen molar-refractivity contribution < 1.29 is 18.3 Å². The normalized spacial score (nSPS) is 23.8. The molecular weight excluding hydrogens is 267 g/mol. The van der Waals surface area contributed by atoms with Gasteiger partial charge in [0.15, 0.2) is 0 Å². The molecule has 0 aromatic heterocycles. The Bertz CT molecular complexity index is 459. The number of phenols is 1. The standard InChI is InChI=1S/C15H20F3NO/c1-10-6-7-14(20)11(8-10)9-19-13-5-3-2-4-12(13)15(16,17)18/h6-8,12-13,19-20H,2-5,9H2,1H3. The lowest BCUT2D eigenvalue weighted by atomic mass is 9.84. The van der Waals surface area contributed by atoms with Crippen LogP contribution in [0.15, 0.2) is 18.2 Å². The molecule has 0 amide bonds. The molecule has 1 saturated carbocycles. The first-order valence-corrected chi connectivity index (χ1v) is 6.96. The third-order valence-electron chi connectivity index (χ3n) is 3.98. The van der Waals surface area contributed by atoms with E-state index >= 15 is 0 Å². The van der Waals surface area contributed by atoms with Gasteiger partial charge >= 0.3 is 6.18 Å². The third kappa shape index (κ3) is 3.66. The molecule has 0 saturated heterocycles. The molecule has 1 aliphatic carbocycles. The van der Waals surface area contributed by atoms with Gasteiger partial charge in [-0.15, -0.1) is 0 Å². The van der Waals surface area contributed by atoms with Gasteiger partial charge in [-0.3, -0.25) is 0 Å². The molecule has 1 aromatic rings. The first-order valence-electron chi connectivity index (χ1n) is 6.96. The van der Waals surface area contributed by atoms with Crippen LogP contribution >= 0.6 is 0 Å². The number of hydrogen-bond donors (Lipinski definition) is 2. The van der Waals surface area contributed by atoms with Crippen molar-refractivity contribution in [3.05, 3.63) is 29.3 Å². The molecule has 0 bridgehead atoms. The van der Waals surface area contributed by atoms with Crippen LogP contribution in [0, 0.1) is 12.8 Å². The van der Waals surface area contributed by atoms with Crippen molar-refractivity contribution in [3.8, 4) is 5.75 Å². The van der Waals surface area contributed by atoms with Crippen LogP contribution in [-0.2, 0) is 6.54 Å². The van der Waals surface area contributed by atoms with Gasteiger partial charge in [0.25, 0.3) is 0 Å². The van der Waals surface area contributed by atoms with Crippen LogP contribution in [0.3, 0.4) is 0 Å². The summed E-state index contributed by atoms with van der Waals surface area (Å²) in [5, 5.41) is 12.7. The number of hydrogen-bond acceptors (Lipinski definition) is 2. The Morgan fingerprint density at radius 2 is 1.95 bits per heavy atom. The van der Waals surface area contributed by atoms with E-state index < -0.39 is 18.1 Å². The van der Waals surface area contributed by atoms with Gasteiger partial charge in [-0.25, -0.2) is 0 Å². The van der Waals surface area contributed by atoms with Gasteiger partial charge in [0.2, 0.25) is 0 Å². The topological polar surface area (TPSA) is 32.3 Å². The molecule has 5 heteroatoms. The van der Waals surface area contributed by atoms with Crippen LogP contribution in [0.2, 0.25) is 0 Å². The summed E-state index contributed by atoms with van der Waals surface area (Å²) >= 11 is 0. The molecular formula is C15H20F3NO. The maximum absolute atomic E-state index is 13.0. The second kappa shape index (κ2) is 6.04. The minimum absolute atomic E-state index is 0.127. The van der Waals surface area contributed by atoms with Crippen molar-refractivity contribution in [3.63, 3.8) is 0 Å². The lowest BCUT2D eigenvalue weighted by molar-refractivity contribution is -0.189. The van der Waals surface area contributed by atoms with Crippen molar-refractivity contribution in [2.45, 2.75) is 51.4 Å². The smallest absolute Gasteiger partial charge is 0.393 e. The molecule has 1 fully saturated rings. The molecule has 2 rings (SSSR count). The quantitative estimate of drug-likeness (QED) is 0.883. The molecule has 2 atom stereocenters. The van der Waals surface area contributed by atoms with E-state index in [0.29, 0.717) is 18.4 Å². The fourth-order valence-corrected chi connectivity index (χ4v) is 2.86. The maximum atomic E-state index is 13.0. The average Bonchev–Trinajstić information content (AvgIpc) is 2.39. The van der Waals surface area contributed by atoms with Crippen molar-refractivity contribution in [1.82, 2.24) is 5.32 Å². The summed E-state index contributed by atoms with van der Waals surface area (Å²) in [4.78, 5) is 0. The summed E-state index contributed by atoms with van der Waals surface area (Å²) in [6.07, 6.45) is -1.95. The van der Waals surface area contributed by atoms with Crippen LogP contribution in [0.1, 0.15) is 36.8 Å². The SMILES string of the molecule is Cc1ccc(O)c(CNC2CCCCC2C(F)(F)F)c1. The summed E-state index contributed by atoms with van der Waals surface area (Å²) in [7, 11) is 0. The average molecular weight is 287 g/mol. The van der Waals surface area contributed by atoms with E-state index in [-0.39, 0.29) is 18.7 Å². The fourth-order valence-electron chi connectivity index (χ4n) is 2.86. The van der Waals surface area contributed by atoms with E-state index in [4.69, 9.17) is 0 Å². The Kier molecular flexibility index (Phi) is 4.58. The zero-order chi connectivity index (χ0) is 14.8. The molecule has 0 radical (unpaired) electrons. The number of aromatic hydroxyl groups is 1. The second-order valence-corrected chi connectivity index (χ2v) is 5.55. The van der Waals surface area contributed by atoms with E-state index in [1.165, 1.54) is 0 Å². The van der Waals surface area contributed by atoms with Crippen LogP contribution in [0.5, 0.6) is 5.75 Å². The monoisotopic (exact) mass is 287 g/mol. The number of alkyl halides is 3. The Balaban J connectivity index is 2.03. The van der Waals surface area contributed by atoms with Gasteiger partial charge < -0.3 is 10.4 Å². The summed E-state index contributed by atoms with van der Waals surface area (Å²) in [5.74, 6) is -1.15. The van der Waals surface area contributed by atoms with Crippen molar-refractivity contribution in [2.75, 3.05) is 0 Å². The summed E-state index contributed by atoms with van der Waals surface area (Å²) in [5.41, 5.74) is 1.63. The molecule has 2 unspecified atom stereocenters. The molecule has 1 aliphatic rings. The Labute approximate surface area is 117 Å². The largest absolute Gasteiger partial charge is 0.508 e. The number of rotatable bonds is 3. The van der Waals surface area contributed by atoms with Crippen molar-refractivity contribution in [1.29, 1.82) is 0 Å². The zero-order valence-corrected chi connectivity index (χ0v) is 11.5. The highest BCUT2D eigenvalue weighted by Gasteiger charge is 2.45. The van der Waals surface area contributed by atoms with Crippen LogP contribution in [-0.4, -0.2) is 17.3 Å². The first-order chi connectivity index (χ1) is 9.38. The van der Waals surface area contributed by atoms with Gasteiger partial charge in [-0.1, -0.05) is 30.5 Å². The zero-order valence-electron chi connectivity index (χ0n) is 11.5. The molecule has 0 aliphatic heterocycles. The predicted octanol–water partition coefficient (Wildman–Crippen LogP) is 3.91. The minimum Gasteiger partial charge on any atom is -0.508 e. The number of halogens is 3. The number of benzene rings is 1. The number of phenolic OH excluding ortho intramolecular Hbond substituents is 1. The van der Waals surface area contributed by atoms with E-state index in [1.54, 1.807) is 18.2 Å². The number of aryl methyl sites for hydroxylation is 1. The molecule has 20 heavy (non-hydrogen) atoms. The van der Waals surface area contributed by atoms with Gasteiger partial charge in [-0.05, 0) is 25.8 Å². The number of nitrogens with one attached hydrogen (secondary N) is 1. The van der Waals surface area contributed by atoms with Crippen molar-refractivity contribution >= 4 is 0 Å². The summed E-state index contributed by atoms with van der Waals surface area (Å²) in [6.45, 7) is 2.16. The fraction of sp³-hybridized carbons (Fsp3) is 0.600. The molecule has 0 heterocycles. The molecule has 2 N–H and O–H groups in total. The lowest BCUT2D eigenvalue weighted by Crippen LogP contribution is -2.45. The van der Waals surface area contributed by atoms with Gasteiger partial charge in [-0.2, -0.15) is 13.2 Å². The molecule has 0 spiro atoms. The van der Waals surface area contributed by atoms with Crippen LogP contribution < -0.4 is 5.32 Å². The predicted molar refractivity (Wildman–Crippen MR) is 71.5 cm³/mol. The highest BCUT2D eigenvalue weighted by Crippen LogP contribution is 2.38. The molecule has 2 nitrogen and oxygen atoms in total. The first kappa shape index (κ1) is 15.2. The lowest BCUT2D eigenvalue weighted by Gasteiger charge is -2.33. The van der Waals surface area contributed by atoms with E-state index in [1.807, 2.05) is 6.92 Å². The van der Waals surface area contributed by atoms with Crippen LogP contribution in [0.4, 0.5) is 13.2 Å². The Hall–Kier alpha value is -1.23. The maximum Gasteiger partial charge on any atom is 0.393 e. The highest BCUT2D eigenvalue weighted by atomic mass is 19.4. The van der Waals surface area contributed by atoms with Crippen LogP contribution in [0.25, 0.3) is 0 Å². The van der Waals surface area contributed by atoms with Gasteiger partial charge in [0, 0.05) is 18.2 Å². The molecule has 112 valence electrons. The highest BCUT2D eigenvalue weighted by molar-refractivity contribution is 5.35. The van der Waals surface area contributed by atoms with Gasteiger partial charge in [0.05, 0.1) is 5.92 Å². The van der Waals surface area contributed by atoms with Gasteiger partial charge in [0.1, 0.15) is 5.75 Å².